The largest absolute Gasteiger partial charge is 0.472 e. The molecule has 190 valence electrons. The summed E-state index contributed by atoms with van der Waals surface area (Å²) in [6, 6.07) is 38.2. The van der Waals surface area contributed by atoms with Crippen LogP contribution >= 0.6 is 0 Å². The van der Waals surface area contributed by atoms with E-state index in [-0.39, 0.29) is 0 Å². The van der Waals surface area contributed by atoms with E-state index in [1.54, 1.807) is 12.5 Å². The Morgan fingerprint density at radius 2 is 1.43 bits per heavy atom. The molecule has 5 heteroatoms. The molecule has 0 spiro atoms. The first-order chi connectivity index (χ1) is 19.7. The van der Waals surface area contributed by atoms with Crippen LogP contribution in [0.25, 0.3) is 72.3 Å². The Morgan fingerprint density at radius 1 is 0.625 bits per heavy atom. The maximum atomic E-state index is 5.40. The van der Waals surface area contributed by atoms with Crippen molar-refractivity contribution in [2.45, 2.75) is 0 Å². The lowest BCUT2D eigenvalue weighted by Crippen LogP contribution is -1.96. The Balaban J connectivity index is 1.41. The summed E-state index contributed by atoms with van der Waals surface area (Å²) in [6.45, 7) is 0. The molecule has 0 unspecified atom stereocenters. The van der Waals surface area contributed by atoms with Gasteiger partial charge in [0.1, 0.15) is 5.82 Å². The van der Waals surface area contributed by atoms with Crippen LogP contribution in [-0.2, 0) is 7.05 Å². The molecule has 0 aliphatic carbocycles. The number of hydrogen-bond acceptors (Lipinski definition) is 3. The van der Waals surface area contributed by atoms with Gasteiger partial charge in [-0.2, -0.15) is 0 Å². The zero-order valence-corrected chi connectivity index (χ0v) is 21.8. The highest BCUT2D eigenvalue weighted by Gasteiger charge is 2.17. The first-order valence-electron chi connectivity index (χ1n) is 13.3. The van der Waals surface area contributed by atoms with E-state index in [2.05, 4.69) is 100 Å². The topological polar surface area (TPSA) is 48.8 Å². The summed E-state index contributed by atoms with van der Waals surface area (Å²) >= 11 is 0. The molecule has 0 atom stereocenters. The van der Waals surface area contributed by atoms with Crippen LogP contribution < -0.4 is 0 Å². The summed E-state index contributed by atoms with van der Waals surface area (Å²) in [5.74, 6) is 0.946. The second-order valence-electron chi connectivity index (χ2n) is 10.1. The van der Waals surface area contributed by atoms with E-state index in [4.69, 9.17) is 9.40 Å². The summed E-state index contributed by atoms with van der Waals surface area (Å²) < 4.78 is 9.92. The van der Waals surface area contributed by atoms with Crippen molar-refractivity contribution in [3.8, 4) is 39.5 Å². The maximum Gasteiger partial charge on any atom is 0.140 e. The highest BCUT2D eigenvalue weighted by molar-refractivity contribution is 6.11. The number of fused-ring (bicyclic) bond motifs is 4. The first kappa shape index (κ1) is 22.6. The van der Waals surface area contributed by atoms with E-state index >= 15 is 0 Å². The lowest BCUT2D eigenvalue weighted by atomic mass is 10.1. The Bertz CT molecular complexity index is 2170. The highest BCUT2D eigenvalue weighted by atomic mass is 16.3. The molecule has 8 rings (SSSR count). The van der Waals surface area contributed by atoms with Crippen molar-refractivity contribution in [1.82, 2.24) is 19.1 Å². The molecule has 0 saturated carbocycles. The quantitative estimate of drug-likeness (QED) is 0.235. The van der Waals surface area contributed by atoms with Crippen LogP contribution in [0.4, 0.5) is 0 Å². The number of aromatic nitrogens is 4. The van der Waals surface area contributed by atoms with Crippen molar-refractivity contribution in [2.75, 3.05) is 0 Å². The van der Waals surface area contributed by atoms with Crippen LogP contribution in [0.3, 0.4) is 0 Å². The van der Waals surface area contributed by atoms with Crippen LogP contribution in [-0.4, -0.2) is 19.1 Å². The summed E-state index contributed by atoms with van der Waals surface area (Å²) in [5, 5.41) is 2.39. The average Bonchev–Trinajstić information content (AvgIpc) is 3.74. The minimum Gasteiger partial charge on any atom is -0.472 e. The van der Waals surface area contributed by atoms with E-state index in [0.29, 0.717) is 0 Å². The number of benzene rings is 4. The van der Waals surface area contributed by atoms with Gasteiger partial charge in [0.25, 0.3) is 0 Å². The SMILES string of the molecule is Cn1c(-c2ccc3c4ccc(-c5ccoc5)cc4n(-c4cccc(-c5ccccn5)c4)c3c2)nc2ccccc21. The van der Waals surface area contributed by atoms with Gasteiger partial charge in [-0.05, 0) is 60.2 Å². The van der Waals surface area contributed by atoms with Crippen molar-refractivity contribution < 1.29 is 4.42 Å². The van der Waals surface area contributed by atoms with Crippen LogP contribution in [0.15, 0.2) is 132 Å². The van der Waals surface area contributed by atoms with Crippen molar-refractivity contribution in [1.29, 1.82) is 0 Å². The van der Waals surface area contributed by atoms with Crippen LogP contribution in [0.5, 0.6) is 0 Å². The van der Waals surface area contributed by atoms with Gasteiger partial charge in [0.05, 0.1) is 40.3 Å². The van der Waals surface area contributed by atoms with E-state index in [1.807, 2.05) is 36.5 Å². The summed E-state index contributed by atoms with van der Waals surface area (Å²) in [5.41, 5.74) is 10.7. The number of rotatable bonds is 4. The van der Waals surface area contributed by atoms with E-state index in [0.717, 1.165) is 61.5 Å². The smallest absolute Gasteiger partial charge is 0.140 e. The predicted octanol–water partition coefficient (Wildman–Crippen LogP) is 8.66. The fraction of sp³-hybridized carbons (Fsp3) is 0.0286. The van der Waals surface area contributed by atoms with Gasteiger partial charge < -0.3 is 13.6 Å². The molecule has 4 aromatic carbocycles. The van der Waals surface area contributed by atoms with E-state index < -0.39 is 0 Å². The molecule has 5 nitrogen and oxygen atoms in total. The Hall–Kier alpha value is -5.42. The molecule has 40 heavy (non-hydrogen) atoms. The number of imidazole rings is 1. The van der Waals surface area contributed by atoms with Gasteiger partial charge >= 0.3 is 0 Å². The molecule has 0 aliphatic heterocycles. The monoisotopic (exact) mass is 516 g/mol. The number of furan rings is 1. The minimum atomic E-state index is 0.946. The normalized spacial score (nSPS) is 11.6. The van der Waals surface area contributed by atoms with Crippen LogP contribution in [0.1, 0.15) is 0 Å². The summed E-state index contributed by atoms with van der Waals surface area (Å²) in [7, 11) is 2.08. The van der Waals surface area contributed by atoms with Gasteiger partial charge in [0.2, 0.25) is 0 Å². The third kappa shape index (κ3) is 3.48. The lowest BCUT2D eigenvalue weighted by molar-refractivity contribution is 0.568. The minimum absolute atomic E-state index is 0.946. The fourth-order valence-corrected chi connectivity index (χ4v) is 5.79. The first-order valence-corrected chi connectivity index (χ1v) is 13.3. The molecule has 8 aromatic rings. The second-order valence-corrected chi connectivity index (χ2v) is 10.1. The molecule has 0 radical (unpaired) electrons. The molecule has 0 N–H and O–H groups in total. The molecule has 0 fully saturated rings. The van der Waals surface area contributed by atoms with Crippen molar-refractivity contribution in [3.05, 3.63) is 128 Å². The van der Waals surface area contributed by atoms with Crippen LogP contribution in [0.2, 0.25) is 0 Å². The third-order valence-electron chi connectivity index (χ3n) is 7.73. The van der Waals surface area contributed by atoms with Gasteiger partial charge in [0.15, 0.2) is 0 Å². The standard InChI is InChI=1S/C35H24N4O/c1-38-32-11-3-2-10-31(32)37-35(38)25-13-15-29-28-14-12-23(26-16-18-40-22-26)20-33(28)39(34(29)21-25)27-8-6-7-24(19-27)30-9-4-5-17-36-30/h2-22H,1H3. The van der Waals surface area contributed by atoms with Gasteiger partial charge in [0, 0.05) is 46.4 Å². The fourth-order valence-electron chi connectivity index (χ4n) is 5.79. The molecule has 0 bridgehead atoms. The average molecular weight is 517 g/mol. The highest BCUT2D eigenvalue weighted by Crippen LogP contribution is 2.38. The maximum absolute atomic E-state index is 5.40. The Kier molecular flexibility index (Phi) is 4.97. The number of hydrogen-bond donors (Lipinski definition) is 0. The third-order valence-corrected chi connectivity index (χ3v) is 7.73. The summed E-state index contributed by atoms with van der Waals surface area (Å²) in [4.78, 5) is 9.58. The van der Waals surface area contributed by atoms with Gasteiger partial charge in [-0.3, -0.25) is 4.98 Å². The number of nitrogens with zero attached hydrogens (tertiary/aromatic N) is 4. The molecule has 0 amide bonds. The number of para-hydroxylation sites is 2. The lowest BCUT2D eigenvalue weighted by Gasteiger charge is -2.11. The second kappa shape index (κ2) is 8.82. The molecule has 0 aliphatic rings. The van der Waals surface area contributed by atoms with Crippen molar-refractivity contribution in [2.24, 2.45) is 7.05 Å². The predicted molar refractivity (Wildman–Crippen MR) is 161 cm³/mol. The Morgan fingerprint density at radius 3 is 2.20 bits per heavy atom. The number of aryl methyl sites for hydroxylation is 1. The molecule has 4 heterocycles. The molecule has 4 aromatic heterocycles. The summed E-state index contributed by atoms with van der Waals surface area (Å²) in [6.07, 6.45) is 5.34. The zero-order chi connectivity index (χ0) is 26.6. The molecular formula is C35H24N4O. The number of pyridine rings is 1. The van der Waals surface area contributed by atoms with E-state index in [9.17, 15) is 0 Å². The zero-order valence-electron chi connectivity index (χ0n) is 21.8. The molecule has 0 saturated heterocycles. The molecular weight excluding hydrogens is 492 g/mol. The van der Waals surface area contributed by atoms with E-state index in [1.165, 1.54) is 10.8 Å². The van der Waals surface area contributed by atoms with Gasteiger partial charge in [-0.1, -0.05) is 54.6 Å². The van der Waals surface area contributed by atoms with Gasteiger partial charge in [-0.25, -0.2) is 4.98 Å². The van der Waals surface area contributed by atoms with Gasteiger partial charge in [-0.15, -0.1) is 0 Å². The van der Waals surface area contributed by atoms with Crippen LogP contribution in [0, 0.1) is 0 Å². The van der Waals surface area contributed by atoms with Crippen molar-refractivity contribution >= 4 is 32.8 Å². The Labute approximate surface area is 230 Å². The van der Waals surface area contributed by atoms with Crippen molar-refractivity contribution in [3.63, 3.8) is 0 Å².